The van der Waals surface area contributed by atoms with Crippen LogP contribution in [0.15, 0.2) is 34.9 Å². The molecule has 23 heavy (non-hydrogen) atoms. The van der Waals surface area contributed by atoms with Gasteiger partial charge in [0.15, 0.2) is 0 Å². The van der Waals surface area contributed by atoms with Crippen molar-refractivity contribution in [1.82, 2.24) is 14.9 Å². The molecule has 0 aliphatic carbocycles. The van der Waals surface area contributed by atoms with Crippen LogP contribution in [0.4, 0.5) is 11.6 Å². The Morgan fingerprint density at radius 3 is 2.83 bits per heavy atom. The van der Waals surface area contributed by atoms with Gasteiger partial charge >= 0.3 is 0 Å². The van der Waals surface area contributed by atoms with E-state index in [2.05, 4.69) is 31.2 Å². The fourth-order valence-corrected chi connectivity index (χ4v) is 2.56. The molecule has 1 saturated heterocycles. The highest BCUT2D eigenvalue weighted by molar-refractivity contribution is 9.10. The van der Waals surface area contributed by atoms with Crippen LogP contribution in [0.1, 0.15) is 16.1 Å². The molecule has 1 amide bonds. The number of carbonyl (C=O) groups is 1. The quantitative estimate of drug-likeness (QED) is 0.891. The molecule has 0 atom stereocenters. The second-order valence-corrected chi connectivity index (χ2v) is 6.11. The van der Waals surface area contributed by atoms with Gasteiger partial charge in [0.05, 0.1) is 13.2 Å². The lowest BCUT2D eigenvalue weighted by Gasteiger charge is -2.26. The number of halogens is 1. The third kappa shape index (κ3) is 3.86. The number of morpholine rings is 1. The normalized spacial score (nSPS) is 14.6. The molecule has 120 valence electrons. The maximum absolute atomic E-state index is 12.4. The van der Waals surface area contributed by atoms with E-state index in [1.54, 1.807) is 17.2 Å². The van der Waals surface area contributed by atoms with E-state index in [4.69, 9.17) is 4.74 Å². The lowest BCUT2D eigenvalue weighted by Crippen LogP contribution is -2.41. The lowest BCUT2D eigenvalue weighted by atomic mass is 10.2. The Balaban J connectivity index is 1.76. The van der Waals surface area contributed by atoms with Gasteiger partial charge in [-0.3, -0.25) is 4.79 Å². The van der Waals surface area contributed by atoms with Crippen molar-refractivity contribution in [2.24, 2.45) is 0 Å². The number of aryl methyl sites for hydroxylation is 1. The molecular formula is C16H17BrN4O2. The minimum atomic E-state index is -0.0919. The number of rotatable bonds is 3. The smallest absolute Gasteiger partial charge is 0.272 e. The van der Waals surface area contributed by atoms with Gasteiger partial charge in [-0.25, -0.2) is 9.97 Å². The Bertz CT molecular complexity index is 717. The summed E-state index contributed by atoms with van der Waals surface area (Å²) in [5.74, 6) is 0.316. The number of carbonyl (C=O) groups excluding carboxylic acids is 1. The summed E-state index contributed by atoms with van der Waals surface area (Å²) in [7, 11) is 0. The highest BCUT2D eigenvalue weighted by Crippen LogP contribution is 2.21. The summed E-state index contributed by atoms with van der Waals surface area (Å²) in [6, 6.07) is 7.51. The van der Waals surface area contributed by atoms with Crippen LogP contribution in [0.2, 0.25) is 0 Å². The highest BCUT2D eigenvalue weighted by atomic mass is 79.9. The molecule has 1 aliphatic heterocycles. The molecular weight excluding hydrogens is 360 g/mol. The summed E-state index contributed by atoms with van der Waals surface area (Å²) in [4.78, 5) is 22.7. The number of hydrogen-bond donors (Lipinski definition) is 1. The monoisotopic (exact) mass is 376 g/mol. The molecule has 6 nitrogen and oxygen atoms in total. The standard InChI is InChI=1S/C16H17BrN4O2/c1-11-10-12(2-3-13(11)17)19-16-18-5-4-14(20-16)15(22)21-6-8-23-9-7-21/h2-5,10H,6-9H2,1H3,(H,18,19,20). The van der Waals surface area contributed by atoms with Crippen molar-refractivity contribution >= 4 is 33.5 Å². The number of benzene rings is 1. The van der Waals surface area contributed by atoms with E-state index in [-0.39, 0.29) is 5.91 Å². The van der Waals surface area contributed by atoms with Gasteiger partial charge in [-0.05, 0) is 36.8 Å². The Morgan fingerprint density at radius 1 is 1.30 bits per heavy atom. The SMILES string of the molecule is Cc1cc(Nc2nccc(C(=O)N3CCOCC3)n2)ccc1Br. The topological polar surface area (TPSA) is 67.4 Å². The van der Waals surface area contributed by atoms with Crippen molar-refractivity contribution in [3.63, 3.8) is 0 Å². The van der Waals surface area contributed by atoms with Crippen LogP contribution < -0.4 is 5.32 Å². The molecule has 1 fully saturated rings. The average molecular weight is 377 g/mol. The third-order valence-electron chi connectivity index (χ3n) is 3.59. The van der Waals surface area contributed by atoms with Gasteiger partial charge in [0.1, 0.15) is 5.69 Å². The summed E-state index contributed by atoms with van der Waals surface area (Å²) < 4.78 is 6.31. The van der Waals surface area contributed by atoms with E-state index in [0.29, 0.717) is 37.9 Å². The Kier molecular flexibility index (Phi) is 4.88. The van der Waals surface area contributed by atoms with Crippen LogP contribution in [0.3, 0.4) is 0 Å². The number of hydrogen-bond acceptors (Lipinski definition) is 5. The van der Waals surface area contributed by atoms with Crippen molar-refractivity contribution in [2.75, 3.05) is 31.6 Å². The van der Waals surface area contributed by atoms with Crippen molar-refractivity contribution < 1.29 is 9.53 Å². The van der Waals surface area contributed by atoms with Crippen molar-refractivity contribution in [3.05, 3.63) is 46.2 Å². The fraction of sp³-hybridized carbons (Fsp3) is 0.312. The van der Waals surface area contributed by atoms with E-state index < -0.39 is 0 Å². The number of aromatic nitrogens is 2. The molecule has 1 aliphatic rings. The van der Waals surface area contributed by atoms with Gasteiger partial charge in [-0.2, -0.15) is 0 Å². The van der Waals surface area contributed by atoms with E-state index in [9.17, 15) is 4.79 Å². The first-order valence-corrected chi connectivity index (χ1v) is 8.16. The number of nitrogens with zero attached hydrogens (tertiary/aromatic N) is 3. The second kappa shape index (κ2) is 7.06. The zero-order chi connectivity index (χ0) is 16.2. The molecule has 2 aromatic rings. The van der Waals surface area contributed by atoms with Crippen molar-refractivity contribution in [2.45, 2.75) is 6.92 Å². The molecule has 0 unspecified atom stereocenters. The van der Waals surface area contributed by atoms with Crippen LogP contribution in [0.5, 0.6) is 0 Å². The maximum Gasteiger partial charge on any atom is 0.272 e. The van der Waals surface area contributed by atoms with E-state index in [1.807, 2.05) is 25.1 Å². The second-order valence-electron chi connectivity index (χ2n) is 5.26. The Hall–Kier alpha value is -1.99. The van der Waals surface area contributed by atoms with Crippen LogP contribution in [0.25, 0.3) is 0 Å². The van der Waals surface area contributed by atoms with E-state index in [1.165, 1.54) is 0 Å². The molecule has 0 radical (unpaired) electrons. The summed E-state index contributed by atoms with van der Waals surface area (Å²) in [5, 5.41) is 3.13. The first-order valence-electron chi connectivity index (χ1n) is 7.37. The highest BCUT2D eigenvalue weighted by Gasteiger charge is 2.20. The number of anilines is 2. The lowest BCUT2D eigenvalue weighted by molar-refractivity contribution is 0.0299. The fourth-order valence-electron chi connectivity index (χ4n) is 2.32. The summed E-state index contributed by atoms with van der Waals surface area (Å²) in [6.45, 7) is 4.34. The van der Waals surface area contributed by atoms with Crippen molar-refractivity contribution in [3.8, 4) is 0 Å². The van der Waals surface area contributed by atoms with Gasteiger partial charge in [0, 0.05) is 29.4 Å². The predicted octanol–water partition coefficient (Wildman–Crippen LogP) is 2.76. The van der Waals surface area contributed by atoms with Gasteiger partial charge in [-0.1, -0.05) is 15.9 Å². The Morgan fingerprint density at radius 2 is 2.09 bits per heavy atom. The molecule has 3 rings (SSSR count). The van der Waals surface area contributed by atoms with Crippen LogP contribution in [-0.2, 0) is 4.74 Å². The summed E-state index contributed by atoms with van der Waals surface area (Å²) in [5.41, 5.74) is 2.37. The van der Waals surface area contributed by atoms with Crippen LogP contribution in [0, 0.1) is 6.92 Å². The van der Waals surface area contributed by atoms with Crippen LogP contribution >= 0.6 is 15.9 Å². The maximum atomic E-state index is 12.4. The zero-order valence-electron chi connectivity index (χ0n) is 12.8. The van der Waals surface area contributed by atoms with Gasteiger partial charge < -0.3 is 15.0 Å². The molecule has 1 aromatic carbocycles. The molecule has 1 N–H and O–H groups in total. The Labute approximate surface area is 143 Å². The minimum Gasteiger partial charge on any atom is -0.378 e. The predicted molar refractivity (Wildman–Crippen MR) is 90.9 cm³/mol. The molecule has 1 aromatic heterocycles. The number of amides is 1. The van der Waals surface area contributed by atoms with Crippen molar-refractivity contribution in [1.29, 1.82) is 0 Å². The minimum absolute atomic E-state index is 0.0919. The first-order chi connectivity index (χ1) is 11.1. The molecule has 0 saturated carbocycles. The largest absolute Gasteiger partial charge is 0.378 e. The molecule has 0 bridgehead atoms. The number of nitrogens with one attached hydrogen (secondary N) is 1. The first kappa shape index (κ1) is 15.9. The van der Waals surface area contributed by atoms with E-state index in [0.717, 1.165) is 15.7 Å². The molecule has 2 heterocycles. The zero-order valence-corrected chi connectivity index (χ0v) is 14.3. The molecule has 0 spiro atoms. The average Bonchev–Trinajstić information content (AvgIpc) is 2.58. The van der Waals surface area contributed by atoms with Gasteiger partial charge in [0.25, 0.3) is 5.91 Å². The summed E-state index contributed by atoms with van der Waals surface area (Å²) in [6.07, 6.45) is 1.59. The number of ether oxygens (including phenoxy) is 1. The van der Waals surface area contributed by atoms with Crippen LogP contribution in [-0.4, -0.2) is 47.1 Å². The summed E-state index contributed by atoms with van der Waals surface area (Å²) >= 11 is 3.47. The van der Waals surface area contributed by atoms with E-state index >= 15 is 0 Å². The third-order valence-corrected chi connectivity index (χ3v) is 4.48. The molecule has 7 heteroatoms. The van der Waals surface area contributed by atoms with Gasteiger partial charge in [-0.15, -0.1) is 0 Å². The van der Waals surface area contributed by atoms with Gasteiger partial charge in [0.2, 0.25) is 5.95 Å².